The second kappa shape index (κ2) is 7.65. The Kier molecular flexibility index (Phi) is 6.03. The van der Waals surface area contributed by atoms with Gasteiger partial charge in [0.1, 0.15) is 4.21 Å². The van der Waals surface area contributed by atoms with Gasteiger partial charge >= 0.3 is 0 Å². The van der Waals surface area contributed by atoms with Gasteiger partial charge in [0.2, 0.25) is 5.91 Å². The van der Waals surface area contributed by atoms with Crippen LogP contribution in [0.4, 0.5) is 0 Å². The van der Waals surface area contributed by atoms with Crippen molar-refractivity contribution in [2.24, 2.45) is 0 Å². The highest BCUT2D eigenvalue weighted by Gasteiger charge is 2.27. The molecule has 0 radical (unpaired) electrons. The fourth-order valence-electron chi connectivity index (χ4n) is 2.10. The van der Waals surface area contributed by atoms with Crippen molar-refractivity contribution in [3.8, 4) is 0 Å². The molecule has 24 heavy (non-hydrogen) atoms. The van der Waals surface area contributed by atoms with Gasteiger partial charge in [-0.1, -0.05) is 23.7 Å². The molecule has 0 fully saturated rings. The van der Waals surface area contributed by atoms with Gasteiger partial charge in [0.15, 0.2) is 0 Å². The maximum Gasteiger partial charge on any atom is 0.252 e. The number of amides is 1. The Morgan fingerprint density at radius 1 is 1.25 bits per heavy atom. The average Bonchev–Trinajstić information content (AvgIpc) is 3.02. The molecule has 0 aliphatic rings. The molecule has 0 aliphatic carbocycles. The molecule has 0 spiro atoms. The zero-order valence-corrected chi connectivity index (χ0v) is 16.0. The summed E-state index contributed by atoms with van der Waals surface area (Å²) in [6.45, 7) is 3.57. The number of thiophene rings is 1. The van der Waals surface area contributed by atoms with Crippen LogP contribution in [0.2, 0.25) is 5.02 Å². The van der Waals surface area contributed by atoms with Crippen LogP contribution in [0.5, 0.6) is 0 Å². The Hall–Kier alpha value is -1.41. The van der Waals surface area contributed by atoms with Gasteiger partial charge < -0.3 is 5.32 Å². The van der Waals surface area contributed by atoms with E-state index < -0.39 is 10.0 Å². The Balaban J connectivity index is 2.19. The summed E-state index contributed by atoms with van der Waals surface area (Å²) < 4.78 is 27.2. The fraction of sp³-hybridized carbons (Fsp3) is 0.312. The lowest BCUT2D eigenvalue weighted by molar-refractivity contribution is -0.119. The number of carbonyl (C=O) groups excluding carboxylic acids is 1. The molecule has 1 amide bonds. The molecule has 0 saturated carbocycles. The molecule has 2 aromatic rings. The van der Waals surface area contributed by atoms with Gasteiger partial charge in [-0.15, -0.1) is 11.3 Å². The first kappa shape index (κ1) is 18.9. The molecular weight excluding hydrogens is 368 g/mol. The van der Waals surface area contributed by atoms with E-state index in [0.29, 0.717) is 11.6 Å². The van der Waals surface area contributed by atoms with E-state index >= 15 is 0 Å². The maximum absolute atomic E-state index is 12.8. The quantitative estimate of drug-likeness (QED) is 0.827. The minimum absolute atomic E-state index is 0.152. The van der Waals surface area contributed by atoms with Crippen molar-refractivity contribution in [1.82, 2.24) is 9.62 Å². The number of nitrogens with one attached hydrogen (secondary N) is 1. The molecule has 130 valence electrons. The topological polar surface area (TPSA) is 66.5 Å². The molecule has 2 rings (SSSR count). The summed E-state index contributed by atoms with van der Waals surface area (Å²) in [6, 6.07) is 10.1. The highest BCUT2D eigenvalue weighted by atomic mass is 35.5. The highest BCUT2D eigenvalue weighted by molar-refractivity contribution is 7.91. The molecule has 1 aromatic carbocycles. The Morgan fingerprint density at radius 3 is 2.46 bits per heavy atom. The summed E-state index contributed by atoms with van der Waals surface area (Å²) in [4.78, 5) is 11.7. The van der Waals surface area contributed by atoms with Crippen LogP contribution >= 0.6 is 22.9 Å². The fourth-order valence-corrected chi connectivity index (χ4v) is 5.06. The van der Waals surface area contributed by atoms with E-state index in [9.17, 15) is 13.2 Å². The van der Waals surface area contributed by atoms with E-state index in [1.54, 1.807) is 31.3 Å². The van der Waals surface area contributed by atoms with Crippen LogP contribution < -0.4 is 5.32 Å². The predicted molar refractivity (Wildman–Crippen MR) is 96.7 cm³/mol. The molecule has 1 unspecified atom stereocenters. The van der Waals surface area contributed by atoms with Crippen molar-refractivity contribution in [2.75, 3.05) is 7.05 Å². The molecule has 1 aromatic heterocycles. The van der Waals surface area contributed by atoms with Crippen molar-refractivity contribution in [3.05, 3.63) is 51.9 Å². The van der Waals surface area contributed by atoms with Crippen LogP contribution in [0.3, 0.4) is 0 Å². The third kappa shape index (κ3) is 4.36. The lowest BCUT2D eigenvalue weighted by Crippen LogP contribution is -2.29. The van der Waals surface area contributed by atoms with Crippen molar-refractivity contribution in [2.45, 2.75) is 30.6 Å². The van der Waals surface area contributed by atoms with E-state index in [2.05, 4.69) is 5.32 Å². The Bertz CT molecular complexity index is 816. The van der Waals surface area contributed by atoms with E-state index in [1.165, 1.54) is 11.2 Å². The number of halogens is 1. The predicted octanol–water partition coefficient (Wildman–Crippen LogP) is 3.42. The summed E-state index contributed by atoms with van der Waals surface area (Å²) in [5, 5.41) is 3.27. The molecule has 5 nitrogen and oxygen atoms in total. The number of benzene rings is 1. The van der Waals surface area contributed by atoms with Gasteiger partial charge in [0.25, 0.3) is 10.0 Å². The number of carbonyl (C=O) groups is 1. The first-order valence-corrected chi connectivity index (χ1v) is 9.92. The van der Waals surface area contributed by atoms with E-state index in [0.717, 1.165) is 21.8 Å². The van der Waals surface area contributed by atoms with Crippen molar-refractivity contribution in [3.63, 3.8) is 0 Å². The minimum Gasteiger partial charge on any atom is -0.351 e. The average molecular weight is 387 g/mol. The van der Waals surface area contributed by atoms with Crippen LogP contribution in [-0.4, -0.2) is 25.7 Å². The first-order chi connectivity index (χ1) is 11.2. The summed E-state index contributed by atoms with van der Waals surface area (Å²) in [6.07, 6.45) is 0. The highest BCUT2D eigenvalue weighted by Crippen LogP contribution is 2.30. The normalized spacial score (nSPS) is 13.0. The third-order valence-corrected chi connectivity index (χ3v) is 7.41. The summed E-state index contributed by atoms with van der Waals surface area (Å²) in [5.41, 5.74) is 0.862. The van der Waals surface area contributed by atoms with Crippen molar-refractivity contribution in [1.29, 1.82) is 0 Å². The van der Waals surface area contributed by atoms with Crippen LogP contribution in [-0.2, 0) is 21.4 Å². The molecule has 0 bridgehead atoms. The molecule has 0 saturated heterocycles. The second-order valence-corrected chi connectivity index (χ2v) is 9.21. The van der Waals surface area contributed by atoms with Gasteiger partial charge in [0, 0.05) is 29.9 Å². The third-order valence-electron chi connectivity index (χ3n) is 3.68. The van der Waals surface area contributed by atoms with Gasteiger partial charge in [-0.05, 0) is 36.8 Å². The molecule has 1 atom stereocenters. The molecule has 8 heteroatoms. The minimum atomic E-state index is -3.61. The maximum atomic E-state index is 12.8. The number of sulfonamides is 1. The summed E-state index contributed by atoms with van der Waals surface area (Å²) in [5.74, 6) is -0.152. The molecule has 1 N–H and O–H groups in total. The summed E-state index contributed by atoms with van der Waals surface area (Å²) in [7, 11) is -2.05. The zero-order chi connectivity index (χ0) is 17.9. The smallest absolute Gasteiger partial charge is 0.252 e. The van der Waals surface area contributed by atoms with E-state index in [4.69, 9.17) is 11.6 Å². The van der Waals surface area contributed by atoms with Gasteiger partial charge in [-0.3, -0.25) is 4.79 Å². The van der Waals surface area contributed by atoms with Gasteiger partial charge in [-0.2, -0.15) is 4.31 Å². The van der Waals surface area contributed by atoms with Crippen LogP contribution in [0.15, 0.2) is 40.6 Å². The monoisotopic (exact) mass is 386 g/mol. The largest absolute Gasteiger partial charge is 0.351 e. The van der Waals surface area contributed by atoms with Crippen molar-refractivity contribution >= 4 is 38.9 Å². The van der Waals surface area contributed by atoms with Crippen LogP contribution in [0, 0.1) is 0 Å². The summed E-state index contributed by atoms with van der Waals surface area (Å²) >= 11 is 7.04. The molecule has 0 aliphatic heterocycles. The molecular formula is C16H19ClN2O3S2. The Morgan fingerprint density at radius 2 is 1.88 bits per heavy atom. The number of nitrogens with zero attached hydrogens (tertiary/aromatic N) is 1. The Labute approximate surface area is 151 Å². The lowest BCUT2D eigenvalue weighted by Gasteiger charge is -2.24. The first-order valence-electron chi connectivity index (χ1n) is 7.28. The number of hydrogen-bond acceptors (Lipinski definition) is 4. The van der Waals surface area contributed by atoms with Gasteiger partial charge in [0.05, 0.1) is 6.54 Å². The standard InChI is InChI=1S/C16H19ClN2O3S2/c1-11(13-4-6-14(17)7-5-13)19(3)24(21,22)16-9-8-15(23-16)10-18-12(2)20/h4-9,11H,10H2,1-3H3,(H,18,20). The van der Waals surface area contributed by atoms with E-state index in [-0.39, 0.29) is 16.2 Å². The number of hydrogen-bond donors (Lipinski definition) is 1. The lowest BCUT2D eigenvalue weighted by atomic mass is 10.1. The van der Waals surface area contributed by atoms with Gasteiger partial charge in [-0.25, -0.2) is 8.42 Å². The zero-order valence-electron chi connectivity index (χ0n) is 13.6. The molecule has 1 heterocycles. The van der Waals surface area contributed by atoms with Crippen LogP contribution in [0.1, 0.15) is 30.3 Å². The van der Waals surface area contributed by atoms with Crippen molar-refractivity contribution < 1.29 is 13.2 Å². The van der Waals surface area contributed by atoms with E-state index in [1.807, 2.05) is 19.1 Å². The number of rotatable bonds is 6. The SMILES string of the molecule is CC(=O)NCc1ccc(S(=O)(=O)N(C)C(C)c2ccc(Cl)cc2)s1. The van der Waals surface area contributed by atoms with Crippen LogP contribution in [0.25, 0.3) is 0 Å². The second-order valence-electron chi connectivity index (χ2n) is 5.38.